The van der Waals surface area contributed by atoms with Gasteiger partial charge in [0.15, 0.2) is 23.3 Å². The van der Waals surface area contributed by atoms with E-state index in [9.17, 15) is 27.5 Å². The molecule has 0 spiro atoms. The van der Waals surface area contributed by atoms with Gasteiger partial charge in [0.1, 0.15) is 18.2 Å². The van der Waals surface area contributed by atoms with Gasteiger partial charge in [0.05, 0.1) is 18.7 Å². The van der Waals surface area contributed by atoms with Gasteiger partial charge in [-0.05, 0) is 66.6 Å². The molecule has 0 amide bonds. The number of pyridine rings is 1. The zero-order valence-electron chi connectivity index (χ0n) is 20.6. The maximum atomic E-state index is 14.5. The summed E-state index contributed by atoms with van der Waals surface area (Å²) in [6.45, 7) is 1.58. The van der Waals surface area contributed by atoms with Gasteiger partial charge in [0.2, 0.25) is 0 Å². The highest BCUT2D eigenvalue weighted by molar-refractivity contribution is 5.71. The van der Waals surface area contributed by atoms with E-state index < -0.39 is 41.2 Å². The quantitative estimate of drug-likeness (QED) is 0.345. The monoisotopic (exact) mass is 531 g/mol. The predicted octanol–water partition coefficient (Wildman–Crippen LogP) is 6.64. The first-order chi connectivity index (χ1) is 18.1. The molecule has 2 aromatic carbocycles. The molecule has 1 N–H and O–H groups in total. The normalized spacial score (nSPS) is 18.5. The van der Waals surface area contributed by atoms with Crippen molar-refractivity contribution in [3.63, 3.8) is 0 Å². The summed E-state index contributed by atoms with van der Waals surface area (Å²) < 4.78 is 73.5. The van der Waals surface area contributed by atoms with Crippen LogP contribution in [0.3, 0.4) is 0 Å². The average Bonchev–Trinajstić information content (AvgIpc) is 3.73. The van der Waals surface area contributed by atoms with Crippen LogP contribution in [0.25, 0.3) is 11.1 Å². The molecule has 2 heterocycles. The molecule has 10 heteroatoms. The van der Waals surface area contributed by atoms with Crippen molar-refractivity contribution in [3.05, 3.63) is 71.3 Å². The van der Waals surface area contributed by atoms with Gasteiger partial charge in [-0.3, -0.25) is 4.79 Å². The summed E-state index contributed by atoms with van der Waals surface area (Å²) >= 11 is 0. The third-order valence-corrected chi connectivity index (χ3v) is 7.05. The number of ether oxygens (including phenoxy) is 3. The van der Waals surface area contributed by atoms with Crippen LogP contribution in [0.15, 0.2) is 48.5 Å². The first-order valence-electron chi connectivity index (χ1n) is 12.1. The molecule has 0 saturated heterocycles. The van der Waals surface area contributed by atoms with Crippen LogP contribution in [0.1, 0.15) is 48.7 Å². The van der Waals surface area contributed by atoms with Gasteiger partial charge in [-0.1, -0.05) is 19.1 Å². The van der Waals surface area contributed by atoms with Crippen LogP contribution in [0.4, 0.5) is 17.6 Å². The van der Waals surface area contributed by atoms with Gasteiger partial charge in [0, 0.05) is 11.1 Å². The van der Waals surface area contributed by atoms with E-state index in [0.717, 1.165) is 30.5 Å². The number of carboxylic acid groups (broad SMARTS) is 1. The number of halogens is 4. The number of carbonyl (C=O) groups is 1. The van der Waals surface area contributed by atoms with E-state index in [-0.39, 0.29) is 35.4 Å². The second kappa shape index (κ2) is 9.81. The molecule has 3 unspecified atom stereocenters. The summed E-state index contributed by atoms with van der Waals surface area (Å²) in [6, 6.07) is 11.3. The van der Waals surface area contributed by atoms with Gasteiger partial charge >= 0.3 is 12.1 Å². The van der Waals surface area contributed by atoms with E-state index in [1.807, 2.05) is 6.07 Å². The minimum atomic E-state index is -4.87. The first-order valence-corrected chi connectivity index (χ1v) is 12.1. The zero-order chi connectivity index (χ0) is 27.2. The highest BCUT2D eigenvalue weighted by atomic mass is 19.4. The number of hydrogen-bond donors (Lipinski definition) is 1. The number of carboxylic acids is 1. The molecular weight excluding hydrogens is 506 g/mol. The van der Waals surface area contributed by atoms with Crippen molar-refractivity contribution in [2.75, 3.05) is 13.7 Å². The van der Waals surface area contributed by atoms with E-state index >= 15 is 0 Å². The molecule has 1 aliphatic heterocycles. The molecular formula is C28H25F4NO5. The average molecular weight is 532 g/mol. The van der Waals surface area contributed by atoms with Crippen LogP contribution in [0.2, 0.25) is 0 Å². The summed E-state index contributed by atoms with van der Waals surface area (Å²) in [5.41, 5.74) is -1.22. The largest absolute Gasteiger partial charge is 0.497 e. The topological polar surface area (TPSA) is 77.9 Å². The van der Waals surface area contributed by atoms with E-state index in [2.05, 4.69) is 4.98 Å². The maximum absolute atomic E-state index is 14.5. The first kappa shape index (κ1) is 25.8. The number of hydrogen-bond acceptors (Lipinski definition) is 5. The van der Waals surface area contributed by atoms with Gasteiger partial charge in [0.25, 0.3) is 0 Å². The lowest BCUT2D eigenvalue weighted by Crippen LogP contribution is -2.25. The lowest BCUT2D eigenvalue weighted by molar-refractivity contribution is -0.142. The Morgan fingerprint density at radius 3 is 2.50 bits per heavy atom. The van der Waals surface area contributed by atoms with Gasteiger partial charge in [-0.15, -0.1) is 0 Å². The van der Waals surface area contributed by atoms with Crippen molar-refractivity contribution in [1.29, 1.82) is 0 Å². The van der Waals surface area contributed by atoms with Crippen molar-refractivity contribution >= 4 is 5.97 Å². The van der Waals surface area contributed by atoms with Gasteiger partial charge in [-0.2, -0.15) is 13.2 Å². The lowest BCUT2D eigenvalue weighted by atomic mass is 9.83. The van der Waals surface area contributed by atoms with E-state index in [1.165, 1.54) is 25.3 Å². The SMILES string of the molecule is COc1ccc(F)c(-c2ccc(C3COc4ccc(C(C5CC5)C(C)C(=O)O)cc4O3)nc2C(F)(F)F)c1. The minimum absolute atomic E-state index is 0.0296. The summed E-state index contributed by atoms with van der Waals surface area (Å²) in [4.78, 5) is 15.5. The molecule has 5 rings (SSSR count). The third-order valence-electron chi connectivity index (χ3n) is 7.05. The Kier molecular flexibility index (Phi) is 6.66. The highest BCUT2D eigenvalue weighted by Crippen LogP contribution is 2.49. The Morgan fingerprint density at radius 2 is 1.84 bits per heavy atom. The number of nitrogens with zero attached hydrogens (tertiary/aromatic N) is 1. The second-order valence-corrected chi connectivity index (χ2v) is 9.59. The molecule has 6 nitrogen and oxygen atoms in total. The molecule has 2 aliphatic rings. The summed E-state index contributed by atoms with van der Waals surface area (Å²) in [5.74, 6) is -1.39. The van der Waals surface area contributed by atoms with E-state index in [0.29, 0.717) is 11.5 Å². The Labute approximate surface area is 216 Å². The molecule has 1 aromatic heterocycles. The third kappa shape index (κ3) is 4.99. The number of benzene rings is 2. The number of rotatable bonds is 7. The number of alkyl halides is 3. The van der Waals surface area contributed by atoms with Crippen molar-refractivity contribution in [1.82, 2.24) is 4.98 Å². The fourth-order valence-corrected chi connectivity index (χ4v) is 4.94. The smallest absolute Gasteiger partial charge is 0.433 e. The molecule has 1 aliphatic carbocycles. The van der Waals surface area contributed by atoms with E-state index in [4.69, 9.17) is 14.2 Å². The van der Waals surface area contributed by atoms with Crippen LogP contribution in [0, 0.1) is 17.7 Å². The molecule has 0 radical (unpaired) electrons. The fraction of sp³-hybridized carbons (Fsp3) is 0.357. The molecule has 3 aromatic rings. The standard InChI is InChI=1S/C28H25F4NO5/c1-14(27(34)35)25(15-3-4-15)16-5-10-22-23(11-16)38-24(13-37-22)21-9-7-18(26(33-21)28(30,31)32)19-12-17(36-2)6-8-20(19)29/h5-12,14-15,24-25H,3-4,13H2,1-2H3,(H,34,35). The number of methoxy groups -OCH3 is 1. The molecule has 1 fully saturated rings. The van der Waals surface area contributed by atoms with Crippen molar-refractivity contribution < 1.29 is 41.7 Å². The van der Waals surface area contributed by atoms with Crippen molar-refractivity contribution in [2.45, 2.75) is 38.0 Å². The lowest BCUT2D eigenvalue weighted by Gasteiger charge is -2.29. The van der Waals surface area contributed by atoms with E-state index in [1.54, 1.807) is 19.1 Å². The number of fused-ring (bicyclic) bond motifs is 1. The number of aliphatic carboxylic acids is 1. The van der Waals surface area contributed by atoms with Crippen molar-refractivity contribution in [3.8, 4) is 28.4 Å². The summed E-state index contributed by atoms with van der Waals surface area (Å²) in [5, 5.41) is 9.58. The Hall–Kier alpha value is -3.82. The molecule has 1 saturated carbocycles. The molecule has 38 heavy (non-hydrogen) atoms. The van der Waals surface area contributed by atoms with Crippen molar-refractivity contribution in [2.24, 2.45) is 11.8 Å². The van der Waals surface area contributed by atoms with Crippen LogP contribution in [-0.4, -0.2) is 29.8 Å². The summed E-state index contributed by atoms with van der Waals surface area (Å²) in [7, 11) is 1.34. The minimum Gasteiger partial charge on any atom is -0.497 e. The second-order valence-electron chi connectivity index (χ2n) is 9.59. The Morgan fingerprint density at radius 1 is 1.08 bits per heavy atom. The maximum Gasteiger partial charge on any atom is 0.433 e. The number of aromatic nitrogens is 1. The predicted molar refractivity (Wildman–Crippen MR) is 129 cm³/mol. The molecule has 0 bridgehead atoms. The summed E-state index contributed by atoms with van der Waals surface area (Å²) in [6.07, 6.45) is -3.96. The van der Waals surface area contributed by atoms with Gasteiger partial charge in [-0.25, -0.2) is 9.37 Å². The van der Waals surface area contributed by atoms with Crippen LogP contribution in [-0.2, 0) is 11.0 Å². The van der Waals surface area contributed by atoms with Gasteiger partial charge < -0.3 is 19.3 Å². The van der Waals surface area contributed by atoms with Crippen LogP contribution >= 0.6 is 0 Å². The Balaban J connectivity index is 1.48. The molecule has 200 valence electrons. The highest BCUT2D eigenvalue weighted by Gasteiger charge is 2.40. The Bertz CT molecular complexity index is 1370. The van der Waals surface area contributed by atoms with Crippen LogP contribution in [0.5, 0.6) is 17.2 Å². The fourth-order valence-electron chi connectivity index (χ4n) is 4.94. The molecule has 3 atom stereocenters. The van der Waals surface area contributed by atoms with Crippen LogP contribution < -0.4 is 14.2 Å². The zero-order valence-corrected chi connectivity index (χ0v) is 20.6.